The topological polar surface area (TPSA) is 59.4 Å². The van der Waals surface area contributed by atoms with Gasteiger partial charge in [0.05, 0.1) is 6.10 Å². The minimum atomic E-state index is -1.01. The van der Waals surface area contributed by atoms with E-state index in [2.05, 4.69) is 11.9 Å². The molecule has 1 aromatic heterocycles. The maximum absolute atomic E-state index is 11.0. The molecule has 1 aromatic rings. The third kappa shape index (κ3) is 3.22. The Kier molecular flexibility index (Phi) is 4.28. The molecule has 1 atom stereocenters. The van der Waals surface area contributed by atoms with Gasteiger partial charge in [-0.25, -0.2) is 4.79 Å². The van der Waals surface area contributed by atoms with Crippen molar-refractivity contribution in [3.63, 3.8) is 0 Å². The predicted octanol–water partition coefficient (Wildman–Crippen LogP) is 2.66. The van der Waals surface area contributed by atoms with Crippen LogP contribution >= 0.6 is 0 Å². The lowest BCUT2D eigenvalue weighted by Gasteiger charge is -2.15. The molecule has 0 aliphatic rings. The highest BCUT2D eigenvalue weighted by molar-refractivity contribution is 5.90. The van der Waals surface area contributed by atoms with Crippen molar-refractivity contribution in [2.75, 3.05) is 0 Å². The van der Waals surface area contributed by atoms with E-state index >= 15 is 0 Å². The van der Waals surface area contributed by atoms with Gasteiger partial charge >= 0.3 is 5.97 Å². The molecule has 1 rings (SSSR count). The van der Waals surface area contributed by atoms with Crippen LogP contribution in [0.3, 0.4) is 0 Å². The van der Waals surface area contributed by atoms with Crippen LogP contribution in [0.15, 0.2) is 12.3 Å². The van der Waals surface area contributed by atoms with E-state index in [1.54, 1.807) is 6.07 Å². The molecular formula is C12H17NO3. The first kappa shape index (κ1) is 12.5. The Hall–Kier alpha value is -1.58. The fraction of sp³-hybridized carbons (Fsp3) is 0.500. The molecule has 0 saturated carbocycles. The van der Waals surface area contributed by atoms with Crippen LogP contribution in [0, 0.1) is 6.92 Å². The van der Waals surface area contributed by atoms with E-state index in [-0.39, 0.29) is 11.7 Å². The summed E-state index contributed by atoms with van der Waals surface area (Å²) in [6, 6.07) is 1.66. The zero-order chi connectivity index (χ0) is 12.1. The van der Waals surface area contributed by atoms with E-state index in [9.17, 15) is 4.79 Å². The largest absolute Gasteiger partial charge is 0.490 e. The highest BCUT2D eigenvalue weighted by atomic mass is 16.5. The second kappa shape index (κ2) is 5.49. The third-order valence-corrected chi connectivity index (χ3v) is 2.26. The van der Waals surface area contributed by atoms with Crippen LogP contribution in [0.5, 0.6) is 5.75 Å². The lowest BCUT2D eigenvalue weighted by atomic mass is 10.2. The monoisotopic (exact) mass is 223 g/mol. The summed E-state index contributed by atoms with van der Waals surface area (Å²) in [4.78, 5) is 14.9. The van der Waals surface area contributed by atoms with Gasteiger partial charge in [-0.2, -0.15) is 0 Å². The molecule has 0 aliphatic heterocycles. The molecular weight excluding hydrogens is 206 g/mol. The van der Waals surface area contributed by atoms with Crippen LogP contribution in [0.4, 0.5) is 0 Å². The first-order valence-electron chi connectivity index (χ1n) is 5.41. The number of carboxylic acid groups (broad SMARTS) is 1. The molecule has 4 heteroatoms. The summed E-state index contributed by atoms with van der Waals surface area (Å²) in [5.41, 5.74) is 0.872. The van der Waals surface area contributed by atoms with Crippen molar-refractivity contribution in [1.82, 2.24) is 4.98 Å². The van der Waals surface area contributed by atoms with Gasteiger partial charge in [-0.3, -0.25) is 4.98 Å². The Labute approximate surface area is 95.3 Å². The van der Waals surface area contributed by atoms with Crippen LogP contribution in [0.25, 0.3) is 0 Å². The zero-order valence-corrected chi connectivity index (χ0v) is 9.86. The van der Waals surface area contributed by atoms with Gasteiger partial charge in [-0.05, 0) is 20.3 Å². The van der Waals surface area contributed by atoms with Gasteiger partial charge in [0.15, 0.2) is 0 Å². The normalized spacial score (nSPS) is 12.2. The number of nitrogens with zero attached hydrogens (tertiary/aromatic N) is 1. The Morgan fingerprint density at radius 2 is 2.31 bits per heavy atom. The van der Waals surface area contributed by atoms with Gasteiger partial charge in [-0.1, -0.05) is 13.3 Å². The summed E-state index contributed by atoms with van der Waals surface area (Å²) in [5.74, 6) is -0.604. The molecule has 0 saturated heterocycles. The molecule has 1 unspecified atom stereocenters. The zero-order valence-electron chi connectivity index (χ0n) is 9.86. The standard InChI is InChI=1S/C12H17NO3/c1-4-5-9(3)16-11-6-8(2)13-7-10(11)12(14)15/h6-7,9H,4-5H2,1-3H3,(H,14,15). The summed E-state index contributed by atoms with van der Waals surface area (Å²) in [7, 11) is 0. The number of aromatic carboxylic acids is 1. The number of rotatable bonds is 5. The minimum Gasteiger partial charge on any atom is -0.490 e. The first-order valence-corrected chi connectivity index (χ1v) is 5.41. The Morgan fingerprint density at radius 3 is 2.88 bits per heavy atom. The van der Waals surface area contributed by atoms with E-state index in [0.29, 0.717) is 5.75 Å². The summed E-state index contributed by atoms with van der Waals surface area (Å²) in [5, 5.41) is 8.98. The van der Waals surface area contributed by atoms with E-state index in [4.69, 9.17) is 9.84 Å². The van der Waals surface area contributed by atoms with E-state index in [1.807, 2.05) is 13.8 Å². The molecule has 1 N–H and O–H groups in total. The van der Waals surface area contributed by atoms with Crippen LogP contribution < -0.4 is 4.74 Å². The maximum Gasteiger partial charge on any atom is 0.341 e. The summed E-state index contributed by atoms with van der Waals surface area (Å²) in [6.45, 7) is 5.81. The number of hydrogen-bond donors (Lipinski definition) is 1. The van der Waals surface area contributed by atoms with Crippen molar-refractivity contribution in [3.05, 3.63) is 23.5 Å². The number of carbonyl (C=O) groups is 1. The van der Waals surface area contributed by atoms with Crippen molar-refractivity contribution >= 4 is 5.97 Å². The minimum absolute atomic E-state index is 0.0184. The maximum atomic E-state index is 11.0. The average Bonchev–Trinajstić information content (AvgIpc) is 2.17. The van der Waals surface area contributed by atoms with Gasteiger partial charge in [0.2, 0.25) is 0 Å². The average molecular weight is 223 g/mol. The molecule has 1 heterocycles. The van der Waals surface area contributed by atoms with Gasteiger partial charge in [0.25, 0.3) is 0 Å². The summed E-state index contributed by atoms with van der Waals surface area (Å²) < 4.78 is 5.61. The molecule has 0 amide bonds. The Bertz CT molecular complexity index is 377. The molecule has 0 bridgehead atoms. The number of aromatic nitrogens is 1. The number of aryl methyl sites for hydroxylation is 1. The number of pyridine rings is 1. The summed E-state index contributed by atoms with van der Waals surface area (Å²) in [6.07, 6.45) is 3.27. The van der Waals surface area contributed by atoms with Crippen molar-refractivity contribution in [2.45, 2.75) is 39.7 Å². The van der Waals surface area contributed by atoms with E-state index < -0.39 is 5.97 Å². The highest BCUT2D eigenvalue weighted by Crippen LogP contribution is 2.21. The number of carboxylic acids is 1. The van der Waals surface area contributed by atoms with Crippen molar-refractivity contribution in [3.8, 4) is 5.75 Å². The molecule has 88 valence electrons. The molecule has 0 fully saturated rings. The molecule has 0 spiro atoms. The van der Waals surface area contributed by atoms with Crippen LogP contribution in [-0.4, -0.2) is 22.2 Å². The lowest BCUT2D eigenvalue weighted by molar-refractivity contribution is 0.0689. The predicted molar refractivity (Wildman–Crippen MR) is 60.9 cm³/mol. The smallest absolute Gasteiger partial charge is 0.341 e. The van der Waals surface area contributed by atoms with Gasteiger partial charge in [-0.15, -0.1) is 0 Å². The SMILES string of the molecule is CCCC(C)Oc1cc(C)ncc1C(=O)O. The number of ether oxygens (including phenoxy) is 1. The third-order valence-electron chi connectivity index (χ3n) is 2.26. The molecule has 0 radical (unpaired) electrons. The van der Waals surface area contributed by atoms with Crippen molar-refractivity contribution in [2.24, 2.45) is 0 Å². The molecule has 16 heavy (non-hydrogen) atoms. The fourth-order valence-corrected chi connectivity index (χ4v) is 1.48. The van der Waals surface area contributed by atoms with Gasteiger partial charge in [0, 0.05) is 18.0 Å². The second-order valence-electron chi connectivity index (χ2n) is 3.84. The van der Waals surface area contributed by atoms with Crippen molar-refractivity contribution < 1.29 is 14.6 Å². The molecule has 0 aromatic carbocycles. The molecule has 4 nitrogen and oxygen atoms in total. The van der Waals surface area contributed by atoms with Gasteiger partial charge < -0.3 is 9.84 Å². The Morgan fingerprint density at radius 1 is 1.62 bits per heavy atom. The number of hydrogen-bond acceptors (Lipinski definition) is 3. The fourth-order valence-electron chi connectivity index (χ4n) is 1.48. The molecule has 0 aliphatic carbocycles. The quantitative estimate of drug-likeness (QED) is 0.833. The lowest BCUT2D eigenvalue weighted by Crippen LogP contribution is -2.14. The van der Waals surface area contributed by atoms with Crippen LogP contribution in [0.1, 0.15) is 42.7 Å². The van der Waals surface area contributed by atoms with Gasteiger partial charge in [0.1, 0.15) is 11.3 Å². The van der Waals surface area contributed by atoms with E-state index in [0.717, 1.165) is 18.5 Å². The van der Waals surface area contributed by atoms with Crippen LogP contribution in [-0.2, 0) is 0 Å². The van der Waals surface area contributed by atoms with Crippen molar-refractivity contribution in [1.29, 1.82) is 0 Å². The summed E-state index contributed by atoms with van der Waals surface area (Å²) >= 11 is 0. The Balaban J connectivity index is 2.92. The second-order valence-corrected chi connectivity index (χ2v) is 3.84. The highest BCUT2D eigenvalue weighted by Gasteiger charge is 2.14. The first-order chi connectivity index (χ1) is 7.54. The van der Waals surface area contributed by atoms with Crippen LogP contribution in [0.2, 0.25) is 0 Å². The van der Waals surface area contributed by atoms with E-state index in [1.165, 1.54) is 6.20 Å².